The number of allylic oxidation sites excluding steroid dienone is 2. The van der Waals surface area contributed by atoms with Gasteiger partial charge in [-0.05, 0) is 0 Å². The van der Waals surface area contributed by atoms with Crippen molar-refractivity contribution in [3.63, 3.8) is 0 Å². The van der Waals surface area contributed by atoms with Gasteiger partial charge in [-0.25, -0.2) is 0 Å². The van der Waals surface area contributed by atoms with Crippen molar-refractivity contribution >= 4 is 35.1 Å². The Labute approximate surface area is 367 Å². The zero-order valence-electron chi connectivity index (χ0n) is 36.1. The van der Waals surface area contributed by atoms with Crippen LogP contribution in [0.1, 0.15) is 90.3 Å². The summed E-state index contributed by atoms with van der Waals surface area (Å²) in [6.07, 6.45) is 12.6. The van der Waals surface area contributed by atoms with Crippen molar-refractivity contribution in [1.82, 2.24) is 0 Å². The molecule has 6 aromatic carbocycles. The minimum atomic E-state index is -5.27. The molecule has 0 N–H and O–H groups in total. The number of halogens is 2. The van der Waals surface area contributed by atoms with Crippen LogP contribution in [0.3, 0.4) is 0 Å². The number of benzene rings is 6. The average Bonchev–Trinajstić information content (AvgIpc) is 4.16. The molecule has 2 unspecified atom stereocenters. The van der Waals surface area contributed by atoms with Crippen LogP contribution in [-0.2, 0) is 15.6 Å². The molecule has 0 aliphatic heterocycles. The molecule has 2 atom stereocenters. The van der Waals surface area contributed by atoms with E-state index in [0.29, 0.717) is 11.8 Å². The van der Waals surface area contributed by atoms with Gasteiger partial charge in [-0.2, -0.15) is 0 Å². The summed E-state index contributed by atoms with van der Waals surface area (Å²) in [5.41, 5.74) is 23.9. The Morgan fingerprint density at radius 2 is 0.717 bits per heavy atom. The first-order valence-corrected chi connectivity index (χ1v) is 38.8. The second-order valence-corrected chi connectivity index (χ2v) is 61.9. The maximum absolute atomic E-state index is 9.36. The summed E-state index contributed by atoms with van der Waals surface area (Å²) in [5, 5.41) is 0. The molecule has 0 amide bonds. The predicted molar refractivity (Wildman–Crippen MR) is 260 cm³/mol. The molecule has 2 fully saturated rings. The van der Waals surface area contributed by atoms with Crippen LogP contribution in [0.25, 0.3) is 56.7 Å². The van der Waals surface area contributed by atoms with Gasteiger partial charge in [0.1, 0.15) is 0 Å². The van der Waals surface area contributed by atoms with Crippen LogP contribution in [0.15, 0.2) is 132 Å². The summed E-state index contributed by atoms with van der Waals surface area (Å²) in [6, 6.07) is 46.3. The van der Waals surface area contributed by atoms with E-state index in [1.165, 1.54) is 126 Å². The topological polar surface area (TPSA) is 0 Å². The Morgan fingerprint density at radius 3 is 1.00 bits per heavy atom. The van der Waals surface area contributed by atoms with Crippen LogP contribution in [0.4, 0.5) is 0 Å². The maximum atomic E-state index is 9.36. The monoisotopic (exact) mass is 917 g/mol. The third-order valence-electron chi connectivity index (χ3n) is 14.7. The third kappa shape index (κ3) is 7.07. The molecule has 0 heterocycles. The molecular weight excluding hydrogens is 863 g/mol. The van der Waals surface area contributed by atoms with Gasteiger partial charge in [0.05, 0.1) is 0 Å². The summed E-state index contributed by atoms with van der Waals surface area (Å²) in [4.78, 5) is 0. The molecular formula is C56H57Cl2SiZr. The van der Waals surface area contributed by atoms with Crippen molar-refractivity contribution in [3.8, 4) is 44.5 Å². The molecule has 4 heteroatoms. The summed E-state index contributed by atoms with van der Waals surface area (Å²) in [5.74, 6) is -0.440. The van der Waals surface area contributed by atoms with Gasteiger partial charge in [-0.3, -0.25) is 0 Å². The SMILES string of the molecule is Cc1ccc(-c2ccc(-c3ccc(C)cc3)c3c2C=C(CC2CC2)[CH]3[Zr]([Cl])([Cl])([CH]2C(CC3CC3)=Cc3c(-c4ccc(C)cc4)ccc(-c4ccc(C)cc4)c32)[SiH](C)C)cc1. The zero-order chi connectivity index (χ0) is 41.5. The summed E-state index contributed by atoms with van der Waals surface area (Å²) >= 11 is -5.27. The number of hydrogen-bond acceptors (Lipinski definition) is 0. The standard InChI is InChI=1S/2C27H25.C2H7Si.2ClH.Zr/c2*1-18-3-9-22(10-4-18)24-13-14-25(23-11-5-19(2)6-12-23)27-17-21(16-26(24)27)15-20-7-8-20;1-3-2;;;/h2*3-6,9-14,16-17,20H,7-8,15H2,1-2H3;3H,1-2H3;2*1H;/q;;;;;+2/p-2. The Kier molecular flexibility index (Phi) is 10.4. The van der Waals surface area contributed by atoms with E-state index in [4.69, 9.17) is 0 Å². The molecule has 0 aromatic heterocycles. The van der Waals surface area contributed by atoms with E-state index in [1.54, 1.807) is 0 Å². The van der Waals surface area contributed by atoms with Crippen molar-refractivity contribution in [2.75, 3.05) is 0 Å². The normalized spacial score (nSPS) is 19.1. The second kappa shape index (κ2) is 15.4. The fourth-order valence-electron chi connectivity index (χ4n) is 10.8. The van der Waals surface area contributed by atoms with Crippen LogP contribution >= 0.6 is 17.0 Å². The Balaban J connectivity index is 1.28. The van der Waals surface area contributed by atoms with Gasteiger partial charge < -0.3 is 0 Å². The first-order valence-electron chi connectivity index (χ1n) is 22.5. The number of hydrogen-bond donors (Lipinski definition) is 0. The molecule has 10 rings (SSSR count). The minimum absolute atomic E-state index is 0.0196. The quantitative estimate of drug-likeness (QED) is 0.114. The average molecular weight is 920 g/mol. The number of rotatable bonds is 11. The van der Waals surface area contributed by atoms with Crippen molar-refractivity contribution < 1.29 is 15.6 Å². The molecule has 4 aliphatic carbocycles. The van der Waals surface area contributed by atoms with Gasteiger partial charge in [-0.15, -0.1) is 0 Å². The molecule has 0 nitrogen and oxygen atoms in total. The Bertz CT molecular complexity index is 2510. The molecule has 0 radical (unpaired) electrons. The van der Waals surface area contributed by atoms with Crippen LogP contribution in [0.2, 0.25) is 13.1 Å². The first kappa shape index (κ1) is 40.5. The van der Waals surface area contributed by atoms with Crippen molar-refractivity contribution in [2.24, 2.45) is 11.8 Å². The third-order valence-corrected chi connectivity index (χ3v) is 66.4. The van der Waals surface area contributed by atoms with E-state index in [2.05, 4.69) is 174 Å². The molecule has 0 spiro atoms. The summed E-state index contributed by atoms with van der Waals surface area (Å²) < 4.78 is 0.0392. The Hall–Kier alpha value is -3.52. The van der Waals surface area contributed by atoms with E-state index >= 15 is 0 Å². The molecule has 6 aromatic rings. The number of aryl methyl sites for hydroxylation is 4. The fraction of sp³-hybridized carbons (Fsp3) is 0.286. The molecule has 2 saturated carbocycles. The van der Waals surface area contributed by atoms with Crippen molar-refractivity contribution in [1.29, 1.82) is 0 Å². The fourth-order valence-corrected chi connectivity index (χ4v) is 41.9. The van der Waals surface area contributed by atoms with E-state index in [-0.39, 0.29) is 7.25 Å². The second-order valence-electron chi connectivity index (χ2n) is 19.4. The van der Waals surface area contributed by atoms with Crippen molar-refractivity contribution in [3.05, 3.63) is 177 Å². The van der Waals surface area contributed by atoms with Crippen LogP contribution in [-0.4, -0.2) is 5.92 Å². The van der Waals surface area contributed by atoms with E-state index in [9.17, 15) is 17.0 Å². The Morgan fingerprint density at radius 1 is 0.433 bits per heavy atom. The summed E-state index contributed by atoms with van der Waals surface area (Å²) in [7, 11) is 18.7. The molecule has 303 valence electrons. The molecule has 0 saturated heterocycles. The summed E-state index contributed by atoms with van der Waals surface area (Å²) in [6.45, 7) is 13.8. The molecule has 0 bridgehead atoms. The van der Waals surface area contributed by atoms with Gasteiger partial charge in [0.25, 0.3) is 0 Å². The van der Waals surface area contributed by atoms with Gasteiger partial charge in [0.2, 0.25) is 0 Å². The van der Waals surface area contributed by atoms with Crippen LogP contribution < -0.4 is 0 Å². The van der Waals surface area contributed by atoms with E-state index in [0.717, 1.165) is 12.8 Å². The first-order chi connectivity index (χ1) is 28.9. The number of fused-ring (bicyclic) bond motifs is 2. The van der Waals surface area contributed by atoms with E-state index < -0.39 is 21.5 Å². The van der Waals surface area contributed by atoms with Gasteiger partial charge >= 0.3 is 371 Å². The van der Waals surface area contributed by atoms with Gasteiger partial charge in [-0.1, -0.05) is 0 Å². The van der Waals surface area contributed by atoms with Crippen LogP contribution in [0.5, 0.6) is 0 Å². The van der Waals surface area contributed by atoms with Gasteiger partial charge in [0, 0.05) is 0 Å². The van der Waals surface area contributed by atoms with Gasteiger partial charge in [0.15, 0.2) is 0 Å². The van der Waals surface area contributed by atoms with Crippen molar-refractivity contribution in [2.45, 2.75) is 86.6 Å². The molecule has 4 aliphatic rings. The molecule has 60 heavy (non-hydrogen) atoms. The predicted octanol–water partition coefficient (Wildman–Crippen LogP) is 16.7. The van der Waals surface area contributed by atoms with Crippen LogP contribution in [0, 0.1) is 39.5 Å². The zero-order valence-corrected chi connectivity index (χ0v) is 41.2. The van der Waals surface area contributed by atoms with E-state index in [1.807, 2.05) is 0 Å².